The lowest BCUT2D eigenvalue weighted by atomic mass is 9.94. The number of nitrogens with zero attached hydrogens (tertiary/aromatic N) is 3. The molecule has 2 heterocycles. The summed E-state index contributed by atoms with van der Waals surface area (Å²) in [4.78, 5) is 17.2. The first-order chi connectivity index (χ1) is 15.3. The van der Waals surface area contributed by atoms with Crippen molar-refractivity contribution in [1.82, 2.24) is 14.8 Å². The quantitative estimate of drug-likeness (QED) is 0.420. The summed E-state index contributed by atoms with van der Waals surface area (Å²) in [6.07, 6.45) is 0.975. The predicted molar refractivity (Wildman–Crippen MR) is 126 cm³/mol. The van der Waals surface area contributed by atoms with Crippen LogP contribution < -0.4 is 5.56 Å². The fourth-order valence-electron chi connectivity index (χ4n) is 3.70. The molecule has 0 spiro atoms. The Bertz CT molecular complexity index is 1360. The lowest BCUT2D eigenvalue weighted by molar-refractivity contribution is 0.460. The molecule has 2 aromatic heterocycles. The molecule has 5 nitrogen and oxygen atoms in total. The van der Waals surface area contributed by atoms with Gasteiger partial charge in [-0.3, -0.25) is 4.79 Å². The van der Waals surface area contributed by atoms with Crippen LogP contribution in [-0.4, -0.2) is 19.9 Å². The van der Waals surface area contributed by atoms with E-state index >= 15 is 0 Å². The zero-order valence-corrected chi connectivity index (χ0v) is 19.4. The summed E-state index contributed by atoms with van der Waals surface area (Å²) in [5, 5.41) is 17.9. The predicted octanol–water partition coefficient (Wildman–Crippen LogP) is 5.47. The van der Waals surface area contributed by atoms with Crippen LogP contribution in [0.15, 0.2) is 46.6 Å². The normalized spacial score (nSPS) is 11.2. The van der Waals surface area contributed by atoms with Crippen LogP contribution in [0, 0.1) is 19.7 Å². The monoisotopic (exact) mass is 469 g/mol. The van der Waals surface area contributed by atoms with Crippen LogP contribution in [0.5, 0.6) is 5.75 Å². The number of aryl methyl sites for hydroxylation is 4. The number of halogens is 2. The Morgan fingerprint density at radius 2 is 1.81 bits per heavy atom. The smallest absolute Gasteiger partial charge is 0.278 e. The van der Waals surface area contributed by atoms with Gasteiger partial charge in [0.05, 0.1) is 16.3 Å². The van der Waals surface area contributed by atoms with Crippen LogP contribution in [-0.2, 0) is 19.9 Å². The topological polar surface area (TPSA) is 68.0 Å². The van der Waals surface area contributed by atoms with Crippen molar-refractivity contribution in [3.8, 4) is 28.1 Å². The number of thiazole rings is 1. The Morgan fingerprint density at radius 3 is 2.47 bits per heavy atom. The number of benzene rings is 2. The highest BCUT2D eigenvalue weighted by Crippen LogP contribution is 2.36. The molecule has 164 valence electrons. The Labute approximate surface area is 193 Å². The standard InChI is InChI=1S/C24H21ClFN3O2S/c1-13-23(30)22(24(31)29(3)28-13)21-17(18(25)10-11-19(21)26)9-6-15-4-7-16(8-5-15)20-12-32-14(2)27-20/h4-5,7-8,10-12,30H,6,9H2,1-3H3. The highest BCUT2D eigenvalue weighted by Gasteiger charge is 2.23. The van der Waals surface area contributed by atoms with E-state index in [-0.39, 0.29) is 22.6 Å². The van der Waals surface area contributed by atoms with Gasteiger partial charge in [-0.15, -0.1) is 11.3 Å². The fraction of sp³-hybridized carbons (Fsp3) is 0.208. The van der Waals surface area contributed by atoms with E-state index in [1.165, 1.54) is 19.2 Å². The van der Waals surface area contributed by atoms with Crippen LogP contribution >= 0.6 is 22.9 Å². The Morgan fingerprint density at radius 1 is 1.09 bits per heavy atom. The molecule has 8 heteroatoms. The van der Waals surface area contributed by atoms with Crippen LogP contribution in [0.2, 0.25) is 5.02 Å². The van der Waals surface area contributed by atoms with Gasteiger partial charge < -0.3 is 5.11 Å². The van der Waals surface area contributed by atoms with E-state index < -0.39 is 11.4 Å². The van der Waals surface area contributed by atoms with Gasteiger partial charge in [0.25, 0.3) is 5.56 Å². The zero-order valence-electron chi connectivity index (χ0n) is 17.8. The Kier molecular flexibility index (Phi) is 6.13. The van der Waals surface area contributed by atoms with Crippen molar-refractivity contribution in [2.75, 3.05) is 0 Å². The van der Waals surface area contributed by atoms with E-state index in [1.807, 2.05) is 36.6 Å². The summed E-state index contributed by atoms with van der Waals surface area (Å²) in [6.45, 7) is 3.53. The summed E-state index contributed by atoms with van der Waals surface area (Å²) >= 11 is 8.03. The van der Waals surface area contributed by atoms with Gasteiger partial charge in [-0.05, 0) is 49.9 Å². The molecule has 0 aliphatic rings. The van der Waals surface area contributed by atoms with Gasteiger partial charge in [0.1, 0.15) is 11.5 Å². The Hall–Kier alpha value is -3.03. The molecule has 0 bridgehead atoms. The first-order valence-corrected chi connectivity index (χ1v) is 11.3. The summed E-state index contributed by atoms with van der Waals surface area (Å²) < 4.78 is 16.1. The summed E-state index contributed by atoms with van der Waals surface area (Å²) in [5.41, 5.74) is 3.04. The van der Waals surface area contributed by atoms with E-state index in [2.05, 4.69) is 10.1 Å². The summed E-state index contributed by atoms with van der Waals surface area (Å²) in [5.74, 6) is -0.949. The van der Waals surface area contributed by atoms with E-state index in [1.54, 1.807) is 18.3 Å². The average molecular weight is 470 g/mol. The van der Waals surface area contributed by atoms with Crippen LogP contribution in [0.25, 0.3) is 22.4 Å². The second-order valence-corrected chi connectivity index (χ2v) is 9.04. The second-order valence-electron chi connectivity index (χ2n) is 7.57. The molecule has 0 unspecified atom stereocenters. The number of aromatic nitrogens is 3. The molecule has 0 aliphatic heterocycles. The largest absolute Gasteiger partial charge is 0.505 e. The van der Waals surface area contributed by atoms with Gasteiger partial charge >= 0.3 is 0 Å². The van der Waals surface area contributed by atoms with Crippen molar-refractivity contribution in [2.45, 2.75) is 26.7 Å². The number of rotatable bonds is 5. The van der Waals surface area contributed by atoms with Crippen molar-refractivity contribution in [3.05, 3.63) is 84.8 Å². The fourth-order valence-corrected chi connectivity index (χ4v) is 4.58. The van der Waals surface area contributed by atoms with Crippen molar-refractivity contribution < 1.29 is 9.50 Å². The molecule has 0 amide bonds. The minimum absolute atomic E-state index is 0.0238. The third kappa shape index (κ3) is 4.18. The van der Waals surface area contributed by atoms with Gasteiger partial charge in [0, 0.05) is 28.6 Å². The third-order valence-electron chi connectivity index (χ3n) is 5.37. The number of hydrogen-bond acceptors (Lipinski definition) is 5. The maximum atomic E-state index is 15.0. The van der Waals surface area contributed by atoms with Crippen LogP contribution in [0.1, 0.15) is 21.8 Å². The SMILES string of the molecule is Cc1nc(-c2ccc(CCc3c(Cl)ccc(F)c3-c3c(O)c(C)nn(C)c3=O)cc2)cs1. The molecule has 4 rings (SSSR count). The number of hydrogen-bond donors (Lipinski definition) is 1. The van der Waals surface area contributed by atoms with Gasteiger partial charge in [-0.1, -0.05) is 35.9 Å². The summed E-state index contributed by atoms with van der Waals surface area (Å²) in [7, 11) is 1.46. The van der Waals surface area contributed by atoms with E-state index in [4.69, 9.17) is 11.6 Å². The zero-order chi connectivity index (χ0) is 23.0. The highest BCUT2D eigenvalue weighted by atomic mass is 35.5. The lowest BCUT2D eigenvalue weighted by Crippen LogP contribution is -2.23. The minimum atomic E-state index is -0.614. The number of aromatic hydroxyl groups is 1. The molecular formula is C24H21ClFN3O2S. The van der Waals surface area contributed by atoms with E-state index in [0.29, 0.717) is 23.4 Å². The minimum Gasteiger partial charge on any atom is -0.505 e. The molecule has 0 fully saturated rings. The van der Waals surface area contributed by atoms with Gasteiger partial charge in [0.2, 0.25) is 0 Å². The molecule has 4 aromatic rings. The first kappa shape index (κ1) is 22.2. The highest BCUT2D eigenvalue weighted by molar-refractivity contribution is 7.09. The second kappa shape index (κ2) is 8.84. The molecule has 0 radical (unpaired) electrons. The van der Waals surface area contributed by atoms with Crippen molar-refractivity contribution in [2.24, 2.45) is 7.05 Å². The van der Waals surface area contributed by atoms with Crippen molar-refractivity contribution in [3.63, 3.8) is 0 Å². The van der Waals surface area contributed by atoms with Gasteiger partial charge in [-0.25, -0.2) is 14.1 Å². The maximum absolute atomic E-state index is 15.0. The first-order valence-electron chi connectivity index (χ1n) is 10.0. The molecule has 0 saturated heterocycles. The molecule has 32 heavy (non-hydrogen) atoms. The van der Waals surface area contributed by atoms with Crippen LogP contribution in [0.4, 0.5) is 4.39 Å². The van der Waals surface area contributed by atoms with Crippen molar-refractivity contribution in [1.29, 1.82) is 0 Å². The van der Waals surface area contributed by atoms with Crippen LogP contribution in [0.3, 0.4) is 0 Å². The Balaban J connectivity index is 1.69. The van der Waals surface area contributed by atoms with Gasteiger partial charge in [0.15, 0.2) is 5.75 Å². The van der Waals surface area contributed by atoms with E-state index in [9.17, 15) is 14.3 Å². The molecule has 0 aliphatic carbocycles. The molecule has 0 atom stereocenters. The molecule has 1 N–H and O–H groups in total. The third-order valence-corrected chi connectivity index (χ3v) is 6.50. The van der Waals surface area contributed by atoms with E-state index in [0.717, 1.165) is 26.5 Å². The molecule has 2 aromatic carbocycles. The molecular weight excluding hydrogens is 449 g/mol. The lowest BCUT2D eigenvalue weighted by Gasteiger charge is -2.15. The van der Waals surface area contributed by atoms with Gasteiger partial charge in [-0.2, -0.15) is 5.10 Å². The van der Waals surface area contributed by atoms with Crippen molar-refractivity contribution >= 4 is 22.9 Å². The molecule has 0 saturated carbocycles. The summed E-state index contributed by atoms with van der Waals surface area (Å²) in [6, 6.07) is 10.7. The maximum Gasteiger partial charge on any atom is 0.278 e. The average Bonchev–Trinajstić information content (AvgIpc) is 3.21.